The van der Waals surface area contributed by atoms with Gasteiger partial charge in [0, 0.05) is 12.1 Å². The molecule has 1 aliphatic rings. The molecule has 1 saturated heterocycles. The summed E-state index contributed by atoms with van der Waals surface area (Å²) in [5.74, 6) is 0. The van der Waals surface area contributed by atoms with E-state index in [0.29, 0.717) is 11.0 Å². The predicted molar refractivity (Wildman–Crippen MR) is 52.2 cm³/mol. The molecule has 0 unspecified atom stereocenters. The van der Waals surface area contributed by atoms with Crippen molar-refractivity contribution < 1.29 is 0 Å². The molecule has 0 aliphatic carbocycles. The van der Waals surface area contributed by atoms with E-state index in [2.05, 4.69) is 33.0 Å². The van der Waals surface area contributed by atoms with Crippen molar-refractivity contribution in [2.24, 2.45) is 5.41 Å². The van der Waals surface area contributed by atoms with Gasteiger partial charge in [0.15, 0.2) is 0 Å². The van der Waals surface area contributed by atoms with Crippen LogP contribution in [0.1, 0.15) is 40.5 Å². The number of rotatable bonds is 0. The molecule has 1 rings (SSSR count). The molecule has 0 atom stereocenters. The minimum atomic E-state index is 0. The zero-order chi connectivity index (χ0) is 7.83. The summed E-state index contributed by atoms with van der Waals surface area (Å²) in [5, 5.41) is 3.55. The average Bonchev–Trinajstić information content (AvgIpc) is 1.79. The van der Waals surface area contributed by atoms with Gasteiger partial charge in [-0.15, -0.1) is 0 Å². The van der Waals surface area contributed by atoms with Gasteiger partial charge in [0.2, 0.25) is 0 Å². The maximum atomic E-state index is 3.55. The summed E-state index contributed by atoms with van der Waals surface area (Å²) >= 11 is 0. The quantitative estimate of drug-likeness (QED) is 0.537. The van der Waals surface area contributed by atoms with Gasteiger partial charge in [-0.3, -0.25) is 0 Å². The molecule has 0 amide bonds. The van der Waals surface area contributed by atoms with Gasteiger partial charge in [0.25, 0.3) is 0 Å². The van der Waals surface area contributed by atoms with Crippen LogP contribution in [-0.4, -0.2) is 41.6 Å². The van der Waals surface area contributed by atoms with Crippen LogP contribution in [0, 0.1) is 5.41 Å². The van der Waals surface area contributed by atoms with E-state index in [0.717, 1.165) is 0 Å². The molecule has 1 aliphatic heterocycles. The summed E-state index contributed by atoms with van der Waals surface area (Å²) in [6.07, 6.45) is 2.66. The zero-order valence-corrected chi connectivity index (χ0v) is 7.62. The Kier molecular flexibility index (Phi) is 4.11. The number of nitrogens with one attached hydrogen (secondary N) is 1. The fourth-order valence-corrected chi connectivity index (χ4v) is 1.31. The predicted octanol–water partition coefficient (Wildman–Crippen LogP) is 1.53. The van der Waals surface area contributed by atoms with Crippen LogP contribution in [0.2, 0.25) is 0 Å². The second-order valence-electron chi connectivity index (χ2n) is 4.90. The molecule has 0 aromatic heterocycles. The van der Waals surface area contributed by atoms with Gasteiger partial charge in [-0.25, -0.2) is 0 Å². The second kappa shape index (κ2) is 3.78. The number of hydrogen-bond acceptors (Lipinski definition) is 1. The van der Waals surface area contributed by atoms with Crippen LogP contribution in [-0.2, 0) is 0 Å². The first-order valence-electron chi connectivity index (χ1n) is 4.16. The summed E-state index contributed by atoms with van der Waals surface area (Å²) < 4.78 is 0. The Balaban J connectivity index is 0.000001000. The molecular formula is C9H20NNa. The molecule has 11 heavy (non-hydrogen) atoms. The third-order valence-electron chi connectivity index (χ3n) is 2.47. The third kappa shape index (κ3) is 3.93. The van der Waals surface area contributed by atoms with Crippen LogP contribution in [0.3, 0.4) is 0 Å². The van der Waals surface area contributed by atoms with Crippen molar-refractivity contribution in [2.75, 3.05) is 6.54 Å². The zero-order valence-electron chi connectivity index (χ0n) is 7.62. The van der Waals surface area contributed by atoms with Crippen molar-refractivity contribution in [1.82, 2.24) is 5.32 Å². The third-order valence-corrected chi connectivity index (χ3v) is 2.47. The second-order valence-corrected chi connectivity index (χ2v) is 4.90. The Morgan fingerprint density at radius 1 is 1.00 bits per heavy atom. The maximum absolute atomic E-state index is 3.55. The van der Waals surface area contributed by atoms with Crippen LogP contribution in [0.5, 0.6) is 0 Å². The van der Waals surface area contributed by atoms with E-state index in [-0.39, 0.29) is 29.6 Å². The first-order chi connectivity index (χ1) is 4.41. The normalized spacial score (nSPS) is 27.3. The monoisotopic (exact) mass is 165 g/mol. The molecule has 0 bridgehead atoms. The van der Waals surface area contributed by atoms with E-state index in [1.807, 2.05) is 0 Å². The summed E-state index contributed by atoms with van der Waals surface area (Å²) in [6.45, 7) is 10.4. The van der Waals surface area contributed by atoms with Gasteiger partial charge in [-0.2, -0.15) is 0 Å². The molecule has 0 aromatic carbocycles. The van der Waals surface area contributed by atoms with Crippen LogP contribution in [0.4, 0.5) is 0 Å². The molecule has 1 N–H and O–H groups in total. The first kappa shape index (κ1) is 12.0. The SMILES string of the molecule is CC1(C)CCC(C)(C)NC1.[NaH]. The molecule has 0 radical (unpaired) electrons. The van der Waals surface area contributed by atoms with Gasteiger partial charge in [-0.1, -0.05) is 13.8 Å². The van der Waals surface area contributed by atoms with E-state index < -0.39 is 0 Å². The average molecular weight is 165 g/mol. The van der Waals surface area contributed by atoms with Crippen molar-refractivity contribution in [3.63, 3.8) is 0 Å². The van der Waals surface area contributed by atoms with Gasteiger partial charge < -0.3 is 5.32 Å². The van der Waals surface area contributed by atoms with Gasteiger partial charge in [0.05, 0.1) is 0 Å². The molecule has 62 valence electrons. The topological polar surface area (TPSA) is 12.0 Å². The van der Waals surface area contributed by atoms with Crippen LogP contribution < -0.4 is 5.32 Å². The van der Waals surface area contributed by atoms with Crippen molar-refractivity contribution in [2.45, 2.75) is 46.1 Å². The van der Waals surface area contributed by atoms with Crippen molar-refractivity contribution >= 4 is 29.6 Å². The fraction of sp³-hybridized carbons (Fsp3) is 1.00. The molecular weight excluding hydrogens is 145 g/mol. The Morgan fingerprint density at radius 2 is 1.55 bits per heavy atom. The Labute approximate surface area is 92.6 Å². The van der Waals surface area contributed by atoms with E-state index in [9.17, 15) is 0 Å². The first-order valence-corrected chi connectivity index (χ1v) is 4.16. The number of hydrogen-bond donors (Lipinski definition) is 1. The summed E-state index contributed by atoms with van der Waals surface area (Å²) in [7, 11) is 0. The molecule has 1 nitrogen and oxygen atoms in total. The van der Waals surface area contributed by atoms with Crippen molar-refractivity contribution in [1.29, 1.82) is 0 Å². The summed E-state index contributed by atoms with van der Waals surface area (Å²) in [6, 6.07) is 0. The van der Waals surface area contributed by atoms with Gasteiger partial charge in [-0.05, 0) is 32.1 Å². The Morgan fingerprint density at radius 3 is 1.82 bits per heavy atom. The molecule has 0 spiro atoms. The van der Waals surface area contributed by atoms with E-state index in [4.69, 9.17) is 0 Å². The molecule has 0 saturated carbocycles. The van der Waals surface area contributed by atoms with Crippen molar-refractivity contribution in [3.8, 4) is 0 Å². The Bertz CT molecular complexity index is 102. The van der Waals surface area contributed by atoms with E-state index in [1.54, 1.807) is 0 Å². The summed E-state index contributed by atoms with van der Waals surface area (Å²) in [4.78, 5) is 0. The molecule has 1 heterocycles. The van der Waals surface area contributed by atoms with E-state index >= 15 is 0 Å². The molecule has 0 aromatic rings. The molecule has 2 heteroatoms. The minimum absolute atomic E-state index is 0. The van der Waals surface area contributed by atoms with Crippen LogP contribution >= 0.6 is 0 Å². The van der Waals surface area contributed by atoms with Gasteiger partial charge in [0.1, 0.15) is 0 Å². The fourth-order valence-electron chi connectivity index (χ4n) is 1.31. The number of piperidine rings is 1. The van der Waals surface area contributed by atoms with E-state index in [1.165, 1.54) is 19.4 Å². The van der Waals surface area contributed by atoms with Crippen molar-refractivity contribution in [3.05, 3.63) is 0 Å². The van der Waals surface area contributed by atoms with Crippen LogP contribution in [0.15, 0.2) is 0 Å². The van der Waals surface area contributed by atoms with Crippen LogP contribution in [0.25, 0.3) is 0 Å². The Hall–Kier alpha value is 0.960. The van der Waals surface area contributed by atoms with Gasteiger partial charge >= 0.3 is 29.6 Å². The standard InChI is InChI=1S/C9H19N.Na.H/c1-8(2)5-6-9(3,4)10-7-8;;/h10H,5-7H2,1-4H3;;. The molecule has 1 fully saturated rings. The summed E-state index contributed by atoms with van der Waals surface area (Å²) in [5.41, 5.74) is 0.908.